The van der Waals surface area contributed by atoms with Crippen LogP contribution in [0.3, 0.4) is 0 Å². The molecule has 0 aliphatic heterocycles. The number of benzene rings is 1. The molecular formula is C21H22F3N3O3S. The minimum Gasteiger partial charge on any atom is -0.371 e. The molecule has 1 heterocycles. The second kappa shape index (κ2) is 8.51. The van der Waals surface area contributed by atoms with Crippen LogP contribution in [-0.4, -0.2) is 16.9 Å². The summed E-state index contributed by atoms with van der Waals surface area (Å²) >= 11 is 0.452. The van der Waals surface area contributed by atoms with E-state index in [0.29, 0.717) is 35.6 Å². The summed E-state index contributed by atoms with van der Waals surface area (Å²) in [5.74, 6) is -1.15. The maximum atomic E-state index is 12.8. The van der Waals surface area contributed by atoms with Crippen molar-refractivity contribution in [3.05, 3.63) is 64.5 Å². The van der Waals surface area contributed by atoms with E-state index in [1.54, 1.807) is 26.0 Å². The number of aryl methyl sites for hydroxylation is 1. The van der Waals surface area contributed by atoms with Gasteiger partial charge in [0.2, 0.25) is 5.91 Å². The highest BCUT2D eigenvalue weighted by atomic mass is 32.2. The number of alkyl halides is 3. The summed E-state index contributed by atoms with van der Waals surface area (Å²) in [4.78, 5) is 28.9. The van der Waals surface area contributed by atoms with Crippen molar-refractivity contribution in [3.63, 3.8) is 0 Å². The van der Waals surface area contributed by atoms with E-state index in [1.807, 2.05) is 6.92 Å². The summed E-state index contributed by atoms with van der Waals surface area (Å²) in [5, 5.41) is 8.03. The Morgan fingerprint density at radius 2 is 1.90 bits per heavy atom. The van der Waals surface area contributed by atoms with Gasteiger partial charge in [0, 0.05) is 11.3 Å². The highest BCUT2D eigenvalue weighted by Crippen LogP contribution is 2.54. The van der Waals surface area contributed by atoms with E-state index >= 15 is 0 Å². The van der Waals surface area contributed by atoms with E-state index in [1.165, 1.54) is 12.1 Å². The molecule has 3 atom stereocenters. The van der Waals surface area contributed by atoms with Crippen molar-refractivity contribution in [3.8, 4) is 0 Å². The number of pyridine rings is 1. The molecule has 2 unspecified atom stereocenters. The number of rotatable bonds is 6. The van der Waals surface area contributed by atoms with Crippen LogP contribution in [0.5, 0.6) is 0 Å². The van der Waals surface area contributed by atoms with Crippen LogP contribution >= 0.6 is 12.2 Å². The zero-order chi connectivity index (χ0) is 23.0. The first-order chi connectivity index (χ1) is 14.5. The molecule has 166 valence electrons. The Bertz CT molecular complexity index is 998. The normalized spacial score (nSPS) is 21.3. The summed E-state index contributed by atoms with van der Waals surface area (Å²) in [7, 11) is 0. The Kier molecular flexibility index (Phi) is 6.33. The predicted molar refractivity (Wildman–Crippen MR) is 110 cm³/mol. The first kappa shape index (κ1) is 23.1. The van der Waals surface area contributed by atoms with E-state index < -0.39 is 29.2 Å². The molecule has 2 aromatic rings. The Labute approximate surface area is 182 Å². The molecule has 3 rings (SSSR count). The monoisotopic (exact) mass is 453 g/mol. The molecule has 6 nitrogen and oxygen atoms in total. The number of nitrogens with one attached hydrogen (secondary N) is 1. The van der Waals surface area contributed by atoms with E-state index in [4.69, 9.17) is 5.14 Å². The summed E-state index contributed by atoms with van der Waals surface area (Å²) in [6, 6.07) is 7.71. The molecule has 0 saturated heterocycles. The standard InChI is InChI=1S/C21H22F3N3O3S/c1-11-15(19(29)30-31-25)8-9-17(26-11)12(2)27-18(28)16-10-20(16,3)13-4-6-14(7-5-13)21(22,23)24/h4-9,12,16H,10,25H2,1-3H3,(H,27,28)/t12-,16?,20?/m1/s1. The van der Waals surface area contributed by atoms with Gasteiger partial charge in [0.1, 0.15) is 12.2 Å². The molecule has 10 heteroatoms. The van der Waals surface area contributed by atoms with Gasteiger partial charge in [-0.1, -0.05) is 19.1 Å². The third-order valence-electron chi connectivity index (χ3n) is 5.68. The molecule has 0 radical (unpaired) electrons. The van der Waals surface area contributed by atoms with Crippen LogP contribution in [0, 0.1) is 12.8 Å². The minimum atomic E-state index is -4.39. The zero-order valence-corrected chi connectivity index (χ0v) is 17.9. The SMILES string of the molecule is Cc1nc([C@@H](C)NC(=O)C2CC2(C)c2ccc(C(F)(F)F)cc2)ccc1C(=O)OSN. The number of halogens is 3. The fourth-order valence-electron chi connectivity index (χ4n) is 3.62. The Morgan fingerprint density at radius 3 is 2.45 bits per heavy atom. The molecular weight excluding hydrogens is 431 g/mol. The predicted octanol–water partition coefficient (Wildman–Crippen LogP) is 4.24. The zero-order valence-electron chi connectivity index (χ0n) is 17.1. The molecule has 1 amide bonds. The molecule has 3 N–H and O–H groups in total. The highest BCUT2D eigenvalue weighted by molar-refractivity contribution is 7.92. The summed E-state index contributed by atoms with van der Waals surface area (Å²) < 4.78 is 43.0. The average Bonchev–Trinajstić information content (AvgIpc) is 3.40. The van der Waals surface area contributed by atoms with Gasteiger partial charge in [-0.2, -0.15) is 13.2 Å². The van der Waals surface area contributed by atoms with Crippen LogP contribution < -0.4 is 10.5 Å². The van der Waals surface area contributed by atoms with Gasteiger partial charge >= 0.3 is 12.1 Å². The number of hydrogen-bond acceptors (Lipinski definition) is 6. The first-order valence-electron chi connectivity index (χ1n) is 9.50. The number of nitrogens with two attached hydrogens (primary N) is 1. The molecule has 1 aromatic carbocycles. The maximum absolute atomic E-state index is 12.8. The maximum Gasteiger partial charge on any atom is 0.416 e. The summed E-state index contributed by atoms with van der Waals surface area (Å²) in [5.41, 5.74) is 0.762. The topological polar surface area (TPSA) is 94.3 Å². The van der Waals surface area contributed by atoms with E-state index in [0.717, 1.165) is 12.1 Å². The van der Waals surface area contributed by atoms with Crippen molar-refractivity contribution >= 4 is 24.1 Å². The van der Waals surface area contributed by atoms with Crippen LogP contribution in [-0.2, 0) is 20.6 Å². The number of carbonyl (C=O) groups excluding carboxylic acids is 2. The number of aromatic nitrogens is 1. The Balaban J connectivity index is 1.66. The van der Waals surface area contributed by atoms with Crippen molar-refractivity contribution in [2.45, 2.75) is 44.8 Å². The fourth-order valence-corrected chi connectivity index (χ4v) is 3.80. The number of carbonyl (C=O) groups is 2. The van der Waals surface area contributed by atoms with Gasteiger partial charge in [-0.15, -0.1) is 0 Å². The van der Waals surface area contributed by atoms with Crippen molar-refractivity contribution in [1.29, 1.82) is 0 Å². The van der Waals surface area contributed by atoms with Crippen molar-refractivity contribution in [1.82, 2.24) is 10.3 Å². The summed E-state index contributed by atoms with van der Waals surface area (Å²) in [6.07, 6.45) is -3.85. The van der Waals surface area contributed by atoms with Gasteiger partial charge in [0.05, 0.1) is 28.6 Å². The lowest BCUT2D eigenvalue weighted by Gasteiger charge is -2.17. The molecule has 31 heavy (non-hydrogen) atoms. The largest absolute Gasteiger partial charge is 0.416 e. The van der Waals surface area contributed by atoms with Crippen molar-refractivity contribution in [2.75, 3.05) is 0 Å². The molecule has 1 fully saturated rings. The quantitative estimate of drug-likeness (QED) is 0.502. The average molecular weight is 453 g/mol. The van der Waals surface area contributed by atoms with Crippen LogP contribution in [0.15, 0.2) is 36.4 Å². The number of nitrogens with zero attached hydrogens (tertiary/aromatic N) is 1. The first-order valence-corrected chi connectivity index (χ1v) is 10.3. The molecule has 1 aliphatic rings. The lowest BCUT2D eigenvalue weighted by molar-refractivity contribution is -0.137. The highest BCUT2D eigenvalue weighted by Gasteiger charge is 2.55. The van der Waals surface area contributed by atoms with Gasteiger partial charge in [-0.3, -0.25) is 9.78 Å². The fraction of sp³-hybridized carbons (Fsp3) is 0.381. The third-order valence-corrected chi connectivity index (χ3v) is 5.93. The van der Waals surface area contributed by atoms with Gasteiger partial charge in [0.25, 0.3) is 0 Å². The molecule has 1 saturated carbocycles. The van der Waals surface area contributed by atoms with Gasteiger partial charge in [-0.25, -0.2) is 9.93 Å². The van der Waals surface area contributed by atoms with Crippen molar-refractivity contribution in [2.24, 2.45) is 11.1 Å². The minimum absolute atomic E-state index is 0.197. The number of hydrogen-bond donors (Lipinski definition) is 2. The molecule has 0 bridgehead atoms. The lowest BCUT2D eigenvalue weighted by Crippen LogP contribution is -2.31. The van der Waals surface area contributed by atoms with E-state index in [-0.39, 0.29) is 17.4 Å². The Hall–Kier alpha value is -2.59. The molecule has 1 aromatic heterocycles. The van der Waals surface area contributed by atoms with Crippen LogP contribution in [0.1, 0.15) is 59.2 Å². The van der Waals surface area contributed by atoms with Gasteiger partial charge < -0.3 is 9.50 Å². The van der Waals surface area contributed by atoms with Crippen molar-refractivity contribution < 1.29 is 26.9 Å². The van der Waals surface area contributed by atoms with E-state index in [2.05, 4.69) is 14.5 Å². The second-order valence-electron chi connectivity index (χ2n) is 7.82. The van der Waals surface area contributed by atoms with Crippen LogP contribution in [0.2, 0.25) is 0 Å². The van der Waals surface area contributed by atoms with Gasteiger partial charge in [-0.05, 0) is 50.1 Å². The number of amides is 1. The Morgan fingerprint density at radius 1 is 1.26 bits per heavy atom. The molecule has 0 spiro atoms. The van der Waals surface area contributed by atoms with Crippen LogP contribution in [0.25, 0.3) is 0 Å². The second-order valence-corrected chi connectivity index (χ2v) is 8.17. The van der Waals surface area contributed by atoms with E-state index in [9.17, 15) is 22.8 Å². The smallest absolute Gasteiger partial charge is 0.371 e. The summed E-state index contributed by atoms with van der Waals surface area (Å²) in [6.45, 7) is 5.28. The van der Waals surface area contributed by atoms with Gasteiger partial charge in [0.15, 0.2) is 0 Å². The third kappa shape index (κ3) is 4.85. The molecule has 1 aliphatic carbocycles. The lowest BCUT2D eigenvalue weighted by atomic mass is 9.94. The van der Waals surface area contributed by atoms with Crippen LogP contribution in [0.4, 0.5) is 13.2 Å².